The predicted octanol–water partition coefficient (Wildman–Crippen LogP) is 6.17. The summed E-state index contributed by atoms with van der Waals surface area (Å²) < 4.78 is 5.88. The molecule has 196 valence electrons. The summed E-state index contributed by atoms with van der Waals surface area (Å²) in [5.74, 6) is -1.50. The number of aliphatic hydroxyl groups excluding tert-OH is 1. The Bertz CT molecular complexity index is 1610. The molecule has 1 atom stereocenters. The Kier molecular flexibility index (Phi) is 7.13. The largest absolute Gasteiger partial charge is 0.507 e. The van der Waals surface area contributed by atoms with Crippen LogP contribution in [0.2, 0.25) is 0 Å². The number of aliphatic hydroxyl groups is 1. The Balaban J connectivity index is 1.51. The van der Waals surface area contributed by atoms with Crippen molar-refractivity contribution in [3.63, 3.8) is 0 Å². The number of anilines is 1. The molecule has 0 saturated carbocycles. The second kappa shape index (κ2) is 10.7. The van der Waals surface area contributed by atoms with Gasteiger partial charge in [0, 0.05) is 12.5 Å². The summed E-state index contributed by atoms with van der Waals surface area (Å²) in [5.41, 5.74) is 3.63. The van der Waals surface area contributed by atoms with Gasteiger partial charge < -0.3 is 9.84 Å². The average Bonchev–Trinajstić information content (AvgIpc) is 3.44. The number of hydrogen-bond donors (Lipinski definition) is 1. The van der Waals surface area contributed by atoms with Crippen LogP contribution in [0.15, 0.2) is 84.4 Å². The van der Waals surface area contributed by atoms with Gasteiger partial charge in [-0.1, -0.05) is 71.5 Å². The molecule has 2 heterocycles. The zero-order valence-corrected chi connectivity index (χ0v) is 22.5. The number of rotatable bonds is 7. The fraction of sp³-hybridized carbons (Fsp3) is 0.161. The van der Waals surface area contributed by atoms with E-state index >= 15 is 0 Å². The quantitative estimate of drug-likeness (QED) is 0.131. The van der Waals surface area contributed by atoms with Crippen LogP contribution in [0.5, 0.6) is 5.75 Å². The van der Waals surface area contributed by atoms with Crippen LogP contribution in [0.3, 0.4) is 0 Å². The molecule has 1 saturated heterocycles. The Hall–Kier alpha value is -4.56. The molecule has 8 heteroatoms. The number of benzene rings is 3. The van der Waals surface area contributed by atoms with E-state index in [-0.39, 0.29) is 22.2 Å². The summed E-state index contributed by atoms with van der Waals surface area (Å²) in [6, 6.07) is 22.8. The second-order valence-corrected chi connectivity index (χ2v) is 10.3. The van der Waals surface area contributed by atoms with Gasteiger partial charge in [0.25, 0.3) is 5.78 Å². The van der Waals surface area contributed by atoms with Gasteiger partial charge >= 0.3 is 5.91 Å². The third-order valence-electron chi connectivity index (χ3n) is 6.49. The SMILES string of the molecule is CC(=O)c1sc(N2C(=O)C(=O)C(=C(O)c3ccc(OCc4cccc(C)c4)cc3)[C@H]2c2ccccc2)nc1C. The standard InChI is InChI=1S/C31H26N2O5S/c1-18-8-7-9-21(16-18)17-38-24-14-12-23(13-15-24)27(35)25-26(22-10-5-4-6-11-22)33(30(37)28(25)36)31-32-19(2)29(39-31)20(3)34/h4-16,26,35H,17H2,1-3H3/t26-/m1/s1. The smallest absolute Gasteiger partial charge is 0.301 e. The third kappa shape index (κ3) is 5.11. The number of hydrogen-bond acceptors (Lipinski definition) is 7. The van der Waals surface area contributed by atoms with Gasteiger partial charge in [-0.2, -0.15) is 0 Å². The van der Waals surface area contributed by atoms with E-state index in [1.165, 1.54) is 11.8 Å². The van der Waals surface area contributed by atoms with Crippen molar-refractivity contribution in [1.29, 1.82) is 0 Å². The van der Waals surface area contributed by atoms with E-state index in [0.29, 0.717) is 34.1 Å². The number of carbonyl (C=O) groups is 3. The topological polar surface area (TPSA) is 96.8 Å². The van der Waals surface area contributed by atoms with Gasteiger partial charge in [0.15, 0.2) is 10.9 Å². The fourth-order valence-corrected chi connectivity index (χ4v) is 5.61. The summed E-state index contributed by atoms with van der Waals surface area (Å²) in [6.45, 7) is 5.53. The van der Waals surface area contributed by atoms with E-state index in [1.54, 1.807) is 55.5 Å². The molecule has 0 radical (unpaired) electrons. The molecule has 7 nitrogen and oxygen atoms in total. The summed E-state index contributed by atoms with van der Waals surface area (Å²) in [6.07, 6.45) is 0. The normalized spacial score (nSPS) is 16.5. The van der Waals surface area contributed by atoms with E-state index < -0.39 is 17.7 Å². The molecule has 1 fully saturated rings. The summed E-state index contributed by atoms with van der Waals surface area (Å²) in [5, 5.41) is 11.6. The minimum Gasteiger partial charge on any atom is -0.507 e. The van der Waals surface area contributed by atoms with Gasteiger partial charge in [-0.15, -0.1) is 0 Å². The first-order valence-electron chi connectivity index (χ1n) is 12.4. The highest BCUT2D eigenvalue weighted by atomic mass is 32.1. The van der Waals surface area contributed by atoms with Gasteiger partial charge in [-0.05, 0) is 49.2 Å². The van der Waals surface area contributed by atoms with Gasteiger partial charge in [0.2, 0.25) is 0 Å². The number of thiazole rings is 1. The highest BCUT2D eigenvalue weighted by Gasteiger charge is 2.48. The molecular weight excluding hydrogens is 512 g/mol. The fourth-order valence-electron chi connectivity index (χ4n) is 4.63. The monoisotopic (exact) mass is 538 g/mol. The van der Waals surface area contributed by atoms with Crippen molar-refractivity contribution in [1.82, 2.24) is 4.98 Å². The van der Waals surface area contributed by atoms with E-state index in [4.69, 9.17) is 4.74 Å². The van der Waals surface area contributed by atoms with Crippen molar-refractivity contribution in [2.75, 3.05) is 4.90 Å². The minimum atomic E-state index is -0.909. The molecule has 3 aromatic carbocycles. The molecule has 39 heavy (non-hydrogen) atoms. The number of nitrogens with zero attached hydrogens (tertiary/aromatic N) is 2. The predicted molar refractivity (Wildman–Crippen MR) is 150 cm³/mol. The number of aromatic nitrogens is 1. The molecule has 0 spiro atoms. The number of ether oxygens (including phenoxy) is 1. The van der Waals surface area contributed by atoms with Crippen LogP contribution >= 0.6 is 11.3 Å². The summed E-state index contributed by atoms with van der Waals surface area (Å²) in [4.78, 5) is 44.8. The van der Waals surface area contributed by atoms with Gasteiger partial charge in [0.1, 0.15) is 18.1 Å². The number of Topliss-reactive ketones (excluding diaryl/α,β-unsaturated/α-hetero) is 2. The van der Waals surface area contributed by atoms with Crippen LogP contribution in [0.25, 0.3) is 5.76 Å². The zero-order valence-electron chi connectivity index (χ0n) is 21.7. The Morgan fingerprint density at radius 1 is 1.00 bits per heavy atom. The third-order valence-corrected chi connectivity index (χ3v) is 7.74. The number of amides is 1. The van der Waals surface area contributed by atoms with Gasteiger partial charge in [-0.3, -0.25) is 19.3 Å². The zero-order chi connectivity index (χ0) is 27.7. The maximum Gasteiger partial charge on any atom is 0.301 e. The second-order valence-electron chi connectivity index (χ2n) is 9.35. The molecule has 0 aliphatic carbocycles. The molecular formula is C31H26N2O5S. The highest BCUT2D eigenvalue weighted by Crippen LogP contribution is 2.43. The molecule has 1 aromatic heterocycles. The van der Waals surface area contributed by atoms with Crippen molar-refractivity contribution < 1.29 is 24.2 Å². The molecule has 1 amide bonds. The lowest BCUT2D eigenvalue weighted by molar-refractivity contribution is -0.132. The van der Waals surface area contributed by atoms with Crippen LogP contribution in [-0.4, -0.2) is 27.6 Å². The average molecular weight is 539 g/mol. The van der Waals surface area contributed by atoms with E-state index in [9.17, 15) is 19.5 Å². The molecule has 1 N–H and O–H groups in total. The van der Waals surface area contributed by atoms with Gasteiger partial charge in [-0.25, -0.2) is 4.98 Å². The Morgan fingerprint density at radius 3 is 2.36 bits per heavy atom. The number of ketones is 2. The van der Waals surface area contributed by atoms with Crippen LogP contribution in [-0.2, 0) is 16.2 Å². The lowest BCUT2D eigenvalue weighted by Gasteiger charge is -2.23. The maximum absolute atomic E-state index is 13.3. The Morgan fingerprint density at radius 2 is 1.72 bits per heavy atom. The lowest BCUT2D eigenvalue weighted by Crippen LogP contribution is -2.29. The van der Waals surface area contributed by atoms with E-state index in [2.05, 4.69) is 4.98 Å². The first-order chi connectivity index (χ1) is 18.7. The molecule has 1 aliphatic rings. The lowest BCUT2D eigenvalue weighted by atomic mass is 9.95. The summed E-state index contributed by atoms with van der Waals surface area (Å²) >= 11 is 1.06. The number of aryl methyl sites for hydroxylation is 2. The van der Waals surface area contributed by atoms with Crippen molar-refractivity contribution in [2.45, 2.75) is 33.4 Å². The van der Waals surface area contributed by atoms with Crippen molar-refractivity contribution >= 4 is 39.7 Å². The van der Waals surface area contributed by atoms with Crippen molar-refractivity contribution in [3.05, 3.63) is 117 Å². The molecule has 5 rings (SSSR count). The molecule has 4 aromatic rings. The van der Waals surface area contributed by atoms with Gasteiger partial charge in [0.05, 0.1) is 22.2 Å². The van der Waals surface area contributed by atoms with E-state index in [0.717, 1.165) is 22.5 Å². The first kappa shape index (κ1) is 26.1. The van der Waals surface area contributed by atoms with Crippen molar-refractivity contribution in [3.8, 4) is 5.75 Å². The molecule has 0 unspecified atom stereocenters. The minimum absolute atomic E-state index is 0.0446. The molecule has 0 bridgehead atoms. The maximum atomic E-state index is 13.3. The number of carbonyl (C=O) groups excluding carboxylic acids is 3. The van der Waals surface area contributed by atoms with Crippen LogP contribution in [0.1, 0.15) is 50.6 Å². The first-order valence-corrected chi connectivity index (χ1v) is 13.2. The summed E-state index contributed by atoms with van der Waals surface area (Å²) in [7, 11) is 0. The molecule has 1 aliphatic heterocycles. The Labute approximate surface area is 230 Å². The van der Waals surface area contributed by atoms with Crippen LogP contribution in [0, 0.1) is 13.8 Å². The van der Waals surface area contributed by atoms with Crippen LogP contribution in [0.4, 0.5) is 5.13 Å². The van der Waals surface area contributed by atoms with Crippen molar-refractivity contribution in [2.24, 2.45) is 0 Å². The highest BCUT2D eigenvalue weighted by molar-refractivity contribution is 7.18. The van der Waals surface area contributed by atoms with E-state index in [1.807, 2.05) is 37.3 Å². The van der Waals surface area contributed by atoms with Crippen LogP contribution < -0.4 is 9.64 Å².